The Morgan fingerprint density at radius 2 is 1.72 bits per heavy atom. The van der Waals surface area contributed by atoms with Gasteiger partial charge in [-0.05, 0) is 24.5 Å². The van der Waals surface area contributed by atoms with Gasteiger partial charge in [-0.2, -0.15) is 0 Å². The van der Waals surface area contributed by atoms with E-state index in [0.29, 0.717) is 13.1 Å². The van der Waals surface area contributed by atoms with E-state index in [1.807, 2.05) is 17.0 Å². The standard InChI is InChI=1S/C14H21NO3/c1-10-4-2-3-5-11(10)6-7-15-8-12(16)14(18)13(17)9-15/h2-5,12-14,16-18H,6-9H2,1H3/t12-,13+,14+. The first-order chi connectivity index (χ1) is 8.58. The highest BCUT2D eigenvalue weighted by atomic mass is 16.4. The third-order valence-corrected chi connectivity index (χ3v) is 3.64. The summed E-state index contributed by atoms with van der Waals surface area (Å²) in [7, 11) is 0. The maximum atomic E-state index is 9.62. The van der Waals surface area contributed by atoms with E-state index in [1.54, 1.807) is 0 Å². The highest BCUT2D eigenvalue weighted by molar-refractivity contribution is 5.25. The SMILES string of the molecule is Cc1ccccc1CCN1C[C@@H](O)[C@H](O)[C@@H](O)C1. The lowest BCUT2D eigenvalue weighted by molar-refractivity contribution is -0.109. The van der Waals surface area contributed by atoms with Gasteiger partial charge in [0, 0.05) is 19.6 Å². The van der Waals surface area contributed by atoms with E-state index >= 15 is 0 Å². The van der Waals surface area contributed by atoms with E-state index in [-0.39, 0.29) is 0 Å². The van der Waals surface area contributed by atoms with Crippen molar-refractivity contribution in [1.82, 2.24) is 4.90 Å². The molecule has 1 saturated heterocycles. The molecule has 1 aromatic rings. The zero-order valence-electron chi connectivity index (χ0n) is 10.7. The second kappa shape index (κ2) is 5.80. The molecule has 2 rings (SSSR count). The van der Waals surface area contributed by atoms with Crippen molar-refractivity contribution in [2.75, 3.05) is 19.6 Å². The summed E-state index contributed by atoms with van der Waals surface area (Å²) in [6.45, 7) is 3.71. The van der Waals surface area contributed by atoms with Gasteiger partial charge in [-0.15, -0.1) is 0 Å². The minimum atomic E-state index is -1.01. The van der Waals surface area contributed by atoms with E-state index in [9.17, 15) is 15.3 Å². The van der Waals surface area contributed by atoms with Crippen molar-refractivity contribution >= 4 is 0 Å². The van der Waals surface area contributed by atoms with Gasteiger partial charge in [0.2, 0.25) is 0 Å². The Balaban J connectivity index is 1.89. The Morgan fingerprint density at radius 3 is 2.33 bits per heavy atom. The van der Waals surface area contributed by atoms with Crippen LogP contribution in [0.5, 0.6) is 0 Å². The monoisotopic (exact) mass is 251 g/mol. The normalized spacial score (nSPS) is 29.4. The Hall–Kier alpha value is -0.940. The lowest BCUT2D eigenvalue weighted by Gasteiger charge is -2.36. The fourth-order valence-corrected chi connectivity index (χ4v) is 2.43. The van der Waals surface area contributed by atoms with Gasteiger partial charge in [-0.1, -0.05) is 24.3 Å². The first-order valence-corrected chi connectivity index (χ1v) is 6.39. The fourth-order valence-electron chi connectivity index (χ4n) is 2.43. The summed E-state index contributed by atoms with van der Waals surface area (Å²) < 4.78 is 0. The maximum absolute atomic E-state index is 9.62. The Bertz CT molecular complexity index is 384. The zero-order valence-corrected chi connectivity index (χ0v) is 10.7. The van der Waals surface area contributed by atoms with Gasteiger partial charge in [0.15, 0.2) is 0 Å². The number of aryl methyl sites for hydroxylation is 1. The van der Waals surface area contributed by atoms with Gasteiger partial charge in [0.1, 0.15) is 6.10 Å². The summed E-state index contributed by atoms with van der Waals surface area (Å²) in [5.74, 6) is 0. The number of piperidine rings is 1. The number of rotatable bonds is 3. The number of nitrogens with zero attached hydrogens (tertiary/aromatic N) is 1. The van der Waals surface area contributed by atoms with Gasteiger partial charge in [0.05, 0.1) is 12.2 Å². The van der Waals surface area contributed by atoms with Crippen LogP contribution in [0.25, 0.3) is 0 Å². The smallest absolute Gasteiger partial charge is 0.108 e. The first-order valence-electron chi connectivity index (χ1n) is 6.39. The molecule has 3 atom stereocenters. The van der Waals surface area contributed by atoms with Crippen molar-refractivity contribution in [2.24, 2.45) is 0 Å². The van der Waals surface area contributed by atoms with E-state index in [4.69, 9.17) is 0 Å². The van der Waals surface area contributed by atoms with E-state index in [0.717, 1.165) is 13.0 Å². The number of hydrogen-bond donors (Lipinski definition) is 3. The van der Waals surface area contributed by atoms with Crippen molar-refractivity contribution in [2.45, 2.75) is 31.7 Å². The first kappa shape index (κ1) is 13.5. The van der Waals surface area contributed by atoms with Gasteiger partial charge in [-0.3, -0.25) is 4.90 Å². The topological polar surface area (TPSA) is 63.9 Å². The maximum Gasteiger partial charge on any atom is 0.108 e. The molecule has 4 nitrogen and oxygen atoms in total. The summed E-state index contributed by atoms with van der Waals surface area (Å²) in [4.78, 5) is 1.99. The number of likely N-dealkylation sites (tertiary alicyclic amines) is 1. The molecule has 4 heteroatoms. The second-order valence-corrected chi connectivity index (χ2v) is 5.06. The molecule has 0 aromatic heterocycles. The van der Waals surface area contributed by atoms with E-state index < -0.39 is 18.3 Å². The molecular formula is C14H21NO3. The Kier molecular flexibility index (Phi) is 4.35. The number of aliphatic hydroxyl groups is 3. The van der Waals surface area contributed by atoms with Crippen LogP contribution in [0.2, 0.25) is 0 Å². The molecule has 1 fully saturated rings. The second-order valence-electron chi connectivity index (χ2n) is 5.06. The molecule has 3 N–H and O–H groups in total. The van der Waals surface area contributed by atoms with Crippen LogP contribution < -0.4 is 0 Å². The average molecular weight is 251 g/mol. The average Bonchev–Trinajstić information content (AvgIpc) is 2.35. The molecule has 1 aromatic carbocycles. The highest BCUT2D eigenvalue weighted by Crippen LogP contribution is 2.14. The fraction of sp³-hybridized carbons (Fsp3) is 0.571. The molecule has 0 amide bonds. The van der Waals surface area contributed by atoms with Crippen molar-refractivity contribution < 1.29 is 15.3 Å². The lowest BCUT2D eigenvalue weighted by atomic mass is 10.0. The predicted molar refractivity (Wildman–Crippen MR) is 69.3 cm³/mol. The van der Waals surface area contributed by atoms with Crippen molar-refractivity contribution in [3.63, 3.8) is 0 Å². The molecule has 0 unspecified atom stereocenters. The number of aliphatic hydroxyl groups excluding tert-OH is 3. The third kappa shape index (κ3) is 3.09. The minimum absolute atomic E-state index is 0.421. The van der Waals surface area contributed by atoms with E-state index in [1.165, 1.54) is 11.1 Å². The quantitative estimate of drug-likeness (QED) is 0.704. The molecular weight excluding hydrogens is 230 g/mol. The number of β-amino-alcohol motifs (C(OH)–C–C–N with tert-alkyl or cyclic N) is 2. The highest BCUT2D eigenvalue weighted by Gasteiger charge is 2.32. The largest absolute Gasteiger partial charge is 0.389 e. The molecule has 0 radical (unpaired) electrons. The Labute approximate surface area is 107 Å². The number of benzene rings is 1. The van der Waals surface area contributed by atoms with Gasteiger partial charge >= 0.3 is 0 Å². The molecule has 100 valence electrons. The van der Waals surface area contributed by atoms with Crippen molar-refractivity contribution in [3.8, 4) is 0 Å². The van der Waals surface area contributed by atoms with Crippen LogP contribution in [-0.4, -0.2) is 58.2 Å². The molecule has 1 heterocycles. The van der Waals surface area contributed by atoms with Gasteiger partial charge in [0.25, 0.3) is 0 Å². The number of hydrogen-bond acceptors (Lipinski definition) is 4. The van der Waals surface area contributed by atoms with Crippen LogP contribution in [0.1, 0.15) is 11.1 Å². The minimum Gasteiger partial charge on any atom is -0.389 e. The summed E-state index contributed by atoms with van der Waals surface area (Å²) in [6.07, 6.45) is -1.83. The van der Waals surface area contributed by atoms with Gasteiger partial charge in [-0.25, -0.2) is 0 Å². The molecule has 1 aliphatic heterocycles. The van der Waals surface area contributed by atoms with Crippen LogP contribution in [0.4, 0.5) is 0 Å². The zero-order chi connectivity index (χ0) is 13.1. The summed E-state index contributed by atoms with van der Waals surface area (Å²) in [5.41, 5.74) is 2.54. The van der Waals surface area contributed by atoms with Crippen molar-refractivity contribution in [3.05, 3.63) is 35.4 Å². The molecule has 1 aliphatic rings. The molecule has 0 saturated carbocycles. The summed E-state index contributed by atoms with van der Waals surface area (Å²) in [6, 6.07) is 8.22. The molecule has 18 heavy (non-hydrogen) atoms. The lowest BCUT2D eigenvalue weighted by Crippen LogP contribution is -2.55. The van der Waals surface area contributed by atoms with E-state index in [2.05, 4.69) is 19.1 Å². The molecule has 0 aliphatic carbocycles. The van der Waals surface area contributed by atoms with Crippen LogP contribution >= 0.6 is 0 Å². The van der Waals surface area contributed by atoms with Crippen LogP contribution in [0, 0.1) is 6.92 Å². The summed E-state index contributed by atoms with van der Waals surface area (Å²) >= 11 is 0. The third-order valence-electron chi connectivity index (χ3n) is 3.64. The van der Waals surface area contributed by atoms with Gasteiger partial charge < -0.3 is 15.3 Å². The Morgan fingerprint density at radius 1 is 1.11 bits per heavy atom. The van der Waals surface area contributed by atoms with Crippen molar-refractivity contribution in [1.29, 1.82) is 0 Å². The van der Waals surface area contributed by atoms with Crippen LogP contribution in [0.15, 0.2) is 24.3 Å². The molecule has 0 bridgehead atoms. The summed E-state index contributed by atoms with van der Waals surface area (Å²) in [5, 5.41) is 28.7. The van der Waals surface area contributed by atoms with Crippen LogP contribution in [0.3, 0.4) is 0 Å². The molecule has 0 spiro atoms. The predicted octanol–water partition coefficient (Wildman–Crippen LogP) is -0.0642. The van der Waals surface area contributed by atoms with Crippen LogP contribution in [-0.2, 0) is 6.42 Å².